The van der Waals surface area contributed by atoms with Crippen molar-refractivity contribution >= 4 is 5.91 Å². The molecule has 0 saturated carbocycles. The topological polar surface area (TPSA) is 52.9 Å². The van der Waals surface area contributed by atoms with Crippen molar-refractivity contribution in [3.63, 3.8) is 0 Å². The van der Waals surface area contributed by atoms with Crippen LogP contribution in [-0.2, 0) is 4.79 Å². The van der Waals surface area contributed by atoms with E-state index in [0.717, 1.165) is 19.3 Å². The quantitative estimate of drug-likeness (QED) is 0.608. The zero-order chi connectivity index (χ0) is 8.10. The fourth-order valence-electron chi connectivity index (χ4n) is 1.31. The van der Waals surface area contributed by atoms with Gasteiger partial charge in [0.2, 0.25) is 5.91 Å². The summed E-state index contributed by atoms with van der Waals surface area (Å²) >= 11 is 0. The van der Waals surface area contributed by atoms with Gasteiger partial charge in [0.25, 0.3) is 0 Å². The van der Waals surface area contributed by atoms with E-state index in [2.05, 4.69) is 11.4 Å². The molecule has 0 aromatic heterocycles. The molecule has 3 nitrogen and oxygen atoms in total. The van der Waals surface area contributed by atoms with Crippen molar-refractivity contribution in [1.82, 2.24) is 5.32 Å². The molecular formula is C8H12N2O. The first-order valence-electron chi connectivity index (χ1n) is 3.99. The van der Waals surface area contributed by atoms with Crippen LogP contribution in [0.2, 0.25) is 0 Å². The maximum absolute atomic E-state index is 10.9. The van der Waals surface area contributed by atoms with Gasteiger partial charge < -0.3 is 5.32 Å². The molecule has 11 heavy (non-hydrogen) atoms. The van der Waals surface area contributed by atoms with E-state index < -0.39 is 0 Å². The van der Waals surface area contributed by atoms with Crippen LogP contribution < -0.4 is 5.32 Å². The third-order valence-corrected chi connectivity index (χ3v) is 1.91. The van der Waals surface area contributed by atoms with Crippen molar-refractivity contribution in [2.24, 2.45) is 0 Å². The standard InChI is InChI=1S/C8H12N2O/c9-6-5-7-3-1-2-4-8(11)10-7/h7H,1-5H2,(H,10,11)/t7-/m0/s1. The van der Waals surface area contributed by atoms with Gasteiger partial charge in [-0.3, -0.25) is 4.79 Å². The van der Waals surface area contributed by atoms with E-state index in [9.17, 15) is 4.79 Å². The van der Waals surface area contributed by atoms with E-state index in [1.807, 2.05) is 0 Å². The van der Waals surface area contributed by atoms with Crippen LogP contribution in [0, 0.1) is 11.3 Å². The normalized spacial score (nSPS) is 25.0. The minimum absolute atomic E-state index is 0.0998. The number of hydrogen-bond acceptors (Lipinski definition) is 2. The molecule has 0 aromatic rings. The summed E-state index contributed by atoms with van der Waals surface area (Å²) in [5.74, 6) is 0.0998. The first kappa shape index (κ1) is 8.06. The summed E-state index contributed by atoms with van der Waals surface area (Å²) in [7, 11) is 0. The maximum atomic E-state index is 10.9. The molecule has 1 rings (SSSR count). The Morgan fingerprint density at radius 3 is 3.18 bits per heavy atom. The van der Waals surface area contributed by atoms with Crippen molar-refractivity contribution in [2.45, 2.75) is 38.1 Å². The predicted octanol–water partition coefficient (Wildman–Crippen LogP) is 0.959. The third-order valence-electron chi connectivity index (χ3n) is 1.91. The van der Waals surface area contributed by atoms with E-state index in [4.69, 9.17) is 5.26 Å². The largest absolute Gasteiger partial charge is 0.352 e. The van der Waals surface area contributed by atoms with Crippen LogP contribution >= 0.6 is 0 Å². The zero-order valence-electron chi connectivity index (χ0n) is 6.47. The Hall–Kier alpha value is -1.04. The molecule has 0 bridgehead atoms. The average Bonchev–Trinajstić information content (AvgIpc) is 2.15. The number of carbonyl (C=O) groups is 1. The molecule has 1 N–H and O–H groups in total. The van der Waals surface area contributed by atoms with Crippen molar-refractivity contribution in [1.29, 1.82) is 5.26 Å². The Morgan fingerprint density at radius 2 is 2.45 bits per heavy atom. The lowest BCUT2D eigenvalue weighted by Crippen LogP contribution is -2.32. The number of carbonyl (C=O) groups excluding carboxylic acids is 1. The molecule has 1 aliphatic rings. The molecule has 1 aliphatic heterocycles. The second-order valence-corrected chi connectivity index (χ2v) is 2.87. The first-order chi connectivity index (χ1) is 5.33. The van der Waals surface area contributed by atoms with Gasteiger partial charge in [0.05, 0.1) is 12.5 Å². The highest BCUT2D eigenvalue weighted by atomic mass is 16.1. The highest BCUT2D eigenvalue weighted by molar-refractivity contribution is 5.76. The van der Waals surface area contributed by atoms with Gasteiger partial charge in [-0.2, -0.15) is 5.26 Å². The second kappa shape index (κ2) is 3.97. The maximum Gasteiger partial charge on any atom is 0.220 e. The third kappa shape index (κ3) is 2.58. The van der Waals surface area contributed by atoms with Crippen LogP contribution in [0.1, 0.15) is 32.1 Å². The number of hydrogen-bond donors (Lipinski definition) is 1. The lowest BCUT2D eigenvalue weighted by molar-refractivity contribution is -0.121. The molecule has 0 unspecified atom stereocenters. The SMILES string of the molecule is N#CC[C@@H]1CCCCC(=O)N1. The van der Waals surface area contributed by atoms with Crippen molar-refractivity contribution in [3.8, 4) is 6.07 Å². The van der Waals surface area contributed by atoms with E-state index in [1.165, 1.54) is 0 Å². The Kier molecular flexibility index (Phi) is 2.91. The Morgan fingerprint density at radius 1 is 1.64 bits per heavy atom. The van der Waals surface area contributed by atoms with E-state index in [0.29, 0.717) is 12.8 Å². The van der Waals surface area contributed by atoms with Crippen LogP contribution in [0.3, 0.4) is 0 Å². The molecule has 1 fully saturated rings. The molecule has 0 aromatic carbocycles. The van der Waals surface area contributed by atoms with Gasteiger partial charge in [-0.1, -0.05) is 6.42 Å². The molecule has 1 saturated heterocycles. The van der Waals surface area contributed by atoms with Crippen molar-refractivity contribution in [3.05, 3.63) is 0 Å². The van der Waals surface area contributed by atoms with Crippen LogP contribution in [0.15, 0.2) is 0 Å². The fourth-order valence-corrected chi connectivity index (χ4v) is 1.31. The summed E-state index contributed by atoms with van der Waals surface area (Å²) in [6.45, 7) is 0. The molecule has 0 spiro atoms. The molecule has 3 heteroatoms. The lowest BCUT2D eigenvalue weighted by atomic mass is 10.1. The summed E-state index contributed by atoms with van der Waals surface area (Å²) in [5.41, 5.74) is 0. The van der Waals surface area contributed by atoms with E-state index >= 15 is 0 Å². The number of amides is 1. The predicted molar refractivity (Wildman–Crippen MR) is 40.6 cm³/mol. The summed E-state index contributed by atoms with van der Waals surface area (Å²) in [6.07, 6.45) is 4.06. The molecule has 1 atom stereocenters. The van der Waals surface area contributed by atoms with Crippen LogP contribution in [0.4, 0.5) is 0 Å². The molecular weight excluding hydrogens is 140 g/mol. The average molecular weight is 152 g/mol. The van der Waals surface area contributed by atoms with Gasteiger partial charge in [0.1, 0.15) is 0 Å². The first-order valence-corrected chi connectivity index (χ1v) is 3.99. The lowest BCUT2D eigenvalue weighted by Gasteiger charge is -2.10. The number of nitriles is 1. The van der Waals surface area contributed by atoms with Crippen molar-refractivity contribution in [2.75, 3.05) is 0 Å². The number of nitrogens with one attached hydrogen (secondary N) is 1. The number of rotatable bonds is 1. The van der Waals surface area contributed by atoms with Gasteiger partial charge in [0, 0.05) is 12.5 Å². The van der Waals surface area contributed by atoms with E-state index in [1.54, 1.807) is 0 Å². The highest BCUT2D eigenvalue weighted by Gasteiger charge is 2.15. The van der Waals surface area contributed by atoms with Crippen LogP contribution in [0.25, 0.3) is 0 Å². The minimum atomic E-state index is 0.0998. The van der Waals surface area contributed by atoms with Gasteiger partial charge in [0.15, 0.2) is 0 Å². The molecule has 0 radical (unpaired) electrons. The van der Waals surface area contributed by atoms with Gasteiger partial charge in [-0.05, 0) is 12.8 Å². The summed E-state index contributed by atoms with van der Waals surface area (Å²) in [5, 5.41) is 11.2. The molecule has 1 heterocycles. The van der Waals surface area contributed by atoms with Gasteiger partial charge in [-0.25, -0.2) is 0 Å². The summed E-state index contributed by atoms with van der Waals surface area (Å²) < 4.78 is 0. The van der Waals surface area contributed by atoms with E-state index in [-0.39, 0.29) is 11.9 Å². The zero-order valence-corrected chi connectivity index (χ0v) is 6.47. The molecule has 1 amide bonds. The summed E-state index contributed by atoms with van der Waals surface area (Å²) in [4.78, 5) is 10.9. The van der Waals surface area contributed by atoms with Crippen molar-refractivity contribution < 1.29 is 4.79 Å². The molecule has 0 aliphatic carbocycles. The Bertz CT molecular complexity index is 183. The monoisotopic (exact) mass is 152 g/mol. The highest BCUT2D eigenvalue weighted by Crippen LogP contribution is 2.10. The second-order valence-electron chi connectivity index (χ2n) is 2.87. The fraction of sp³-hybridized carbons (Fsp3) is 0.750. The van der Waals surface area contributed by atoms with Gasteiger partial charge >= 0.3 is 0 Å². The molecule has 60 valence electrons. The Labute approximate surface area is 66.4 Å². The minimum Gasteiger partial charge on any atom is -0.352 e. The number of nitrogens with zero attached hydrogens (tertiary/aromatic N) is 1. The van der Waals surface area contributed by atoms with Crippen LogP contribution in [0.5, 0.6) is 0 Å². The van der Waals surface area contributed by atoms with Crippen LogP contribution in [-0.4, -0.2) is 11.9 Å². The summed E-state index contributed by atoms with van der Waals surface area (Å²) in [6, 6.07) is 2.18. The van der Waals surface area contributed by atoms with Gasteiger partial charge in [-0.15, -0.1) is 0 Å². The smallest absolute Gasteiger partial charge is 0.220 e. The Balaban J connectivity index is 2.40.